The molecule has 0 spiro atoms. The summed E-state index contributed by atoms with van der Waals surface area (Å²) < 4.78 is 39.7. The Morgan fingerprint density at radius 3 is 2.67 bits per heavy atom. The summed E-state index contributed by atoms with van der Waals surface area (Å²) in [6.07, 6.45) is 0. The average Bonchev–Trinajstić information content (AvgIpc) is 2.92. The molecular formula is C15H19FN4O3S. The smallest absolute Gasteiger partial charge is 0.271 e. The molecule has 1 amide bonds. The molecule has 0 unspecified atom stereocenters. The fourth-order valence-corrected chi connectivity index (χ4v) is 2.72. The van der Waals surface area contributed by atoms with E-state index in [1.165, 1.54) is 17.8 Å². The van der Waals surface area contributed by atoms with E-state index in [1.54, 1.807) is 32.2 Å². The molecule has 1 aromatic carbocycles. The van der Waals surface area contributed by atoms with Crippen molar-refractivity contribution in [3.05, 3.63) is 41.3 Å². The van der Waals surface area contributed by atoms with Gasteiger partial charge < -0.3 is 5.32 Å². The van der Waals surface area contributed by atoms with Crippen LogP contribution >= 0.6 is 0 Å². The molecule has 0 radical (unpaired) electrons. The van der Waals surface area contributed by atoms with Crippen molar-refractivity contribution in [1.29, 1.82) is 0 Å². The Labute approximate surface area is 139 Å². The second-order valence-electron chi connectivity index (χ2n) is 5.28. The van der Waals surface area contributed by atoms with Crippen molar-refractivity contribution in [3.8, 4) is 11.3 Å². The minimum atomic E-state index is -3.38. The maximum Gasteiger partial charge on any atom is 0.271 e. The SMILES string of the molecule is CNS(=O)(=O)CCNC(=O)c1cc(-c2ccc(F)c(C)c2)n(C)n1. The summed E-state index contributed by atoms with van der Waals surface area (Å²) >= 11 is 0. The van der Waals surface area contributed by atoms with Gasteiger partial charge in [0.1, 0.15) is 5.82 Å². The second kappa shape index (κ2) is 7.10. The summed E-state index contributed by atoms with van der Waals surface area (Å²) in [5.74, 6) is -0.988. The fourth-order valence-electron chi connectivity index (χ4n) is 2.14. The van der Waals surface area contributed by atoms with Crippen LogP contribution < -0.4 is 10.0 Å². The Hall–Kier alpha value is -2.26. The highest BCUT2D eigenvalue weighted by Crippen LogP contribution is 2.22. The standard InChI is InChI=1S/C15H19FN4O3S/c1-10-8-11(4-5-12(10)16)14-9-13(19-20(14)3)15(21)18-6-7-24(22,23)17-2/h4-5,8-9,17H,6-7H2,1-3H3,(H,18,21). The normalized spacial score (nSPS) is 11.5. The summed E-state index contributed by atoms with van der Waals surface area (Å²) in [6.45, 7) is 1.63. The van der Waals surface area contributed by atoms with Crippen molar-refractivity contribution in [1.82, 2.24) is 19.8 Å². The lowest BCUT2D eigenvalue weighted by Gasteiger charge is -2.03. The number of nitrogens with one attached hydrogen (secondary N) is 2. The van der Waals surface area contributed by atoms with Crippen molar-refractivity contribution in [3.63, 3.8) is 0 Å². The van der Waals surface area contributed by atoms with Crippen molar-refractivity contribution < 1.29 is 17.6 Å². The molecule has 0 saturated carbocycles. The van der Waals surface area contributed by atoms with E-state index in [0.29, 0.717) is 11.3 Å². The summed E-state index contributed by atoms with van der Waals surface area (Å²) in [7, 11) is -0.389. The van der Waals surface area contributed by atoms with Crippen LogP contribution in [0.25, 0.3) is 11.3 Å². The maximum atomic E-state index is 13.4. The Morgan fingerprint density at radius 2 is 2.04 bits per heavy atom. The summed E-state index contributed by atoms with van der Waals surface area (Å²) in [6, 6.07) is 6.22. The van der Waals surface area contributed by atoms with Gasteiger partial charge in [0.2, 0.25) is 10.0 Å². The molecule has 2 rings (SSSR count). The van der Waals surface area contributed by atoms with E-state index in [2.05, 4.69) is 15.1 Å². The largest absolute Gasteiger partial charge is 0.350 e. The van der Waals surface area contributed by atoms with Crippen LogP contribution in [0, 0.1) is 12.7 Å². The van der Waals surface area contributed by atoms with Gasteiger partial charge in [0.25, 0.3) is 5.91 Å². The third kappa shape index (κ3) is 4.18. The quantitative estimate of drug-likeness (QED) is 0.803. The number of aromatic nitrogens is 2. The Kier molecular flexibility index (Phi) is 5.35. The highest BCUT2D eigenvalue weighted by atomic mass is 32.2. The zero-order valence-corrected chi connectivity index (χ0v) is 14.4. The first kappa shape index (κ1) is 18.1. The lowest BCUT2D eigenvalue weighted by Crippen LogP contribution is -2.33. The number of carbonyl (C=O) groups excluding carboxylic acids is 1. The molecule has 1 aromatic heterocycles. The van der Waals surface area contributed by atoms with E-state index in [1.807, 2.05) is 0 Å². The molecule has 130 valence electrons. The van der Waals surface area contributed by atoms with Gasteiger partial charge in [-0.1, -0.05) is 0 Å². The molecule has 0 atom stereocenters. The second-order valence-corrected chi connectivity index (χ2v) is 7.33. The summed E-state index contributed by atoms with van der Waals surface area (Å²) in [5, 5.41) is 6.63. The first-order chi connectivity index (χ1) is 11.2. The Morgan fingerprint density at radius 1 is 1.33 bits per heavy atom. The molecule has 2 N–H and O–H groups in total. The maximum absolute atomic E-state index is 13.4. The molecule has 0 fully saturated rings. The molecule has 9 heteroatoms. The predicted octanol–water partition coefficient (Wildman–Crippen LogP) is 0.814. The van der Waals surface area contributed by atoms with Gasteiger partial charge in [0, 0.05) is 19.2 Å². The van der Waals surface area contributed by atoms with Crippen molar-refractivity contribution in [2.45, 2.75) is 6.92 Å². The molecule has 1 heterocycles. The highest BCUT2D eigenvalue weighted by molar-refractivity contribution is 7.89. The Balaban J connectivity index is 2.13. The highest BCUT2D eigenvalue weighted by Gasteiger charge is 2.15. The minimum absolute atomic E-state index is 0.0242. The van der Waals surface area contributed by atoms with Gasteiger partial charge in [-0.25, -0.2) is 17.5 Å². The number of carbonyl (C=O) groups is 1. The van der Waals surface area contributed by atoms with Crippen LogP contribution in [0.5, 0.6) is 0 Å². The molecule has 0 aliphatic carbocycles. The third-order valence-corrected chi connectivity index (χ3v) is 4.90. The van der Waals surface area contributed by atoms with Crippen molar-refractivity contribution in [2.24, 2.45) is 7.05 Å². The molecule has 24 heavy (non-hydrogen) atoms. The van der Waals surface area contributed by atoms with Gasteiger partial charge in [-0.2, -0.15) is 5.10 Å². The molecule has 0 aliphatic rings. The fraction of sp³-hybridized carbons (Fsp3) is 0.333. The zero-order chi connectivity index (χ0) is 17.9. The third-order valence-electron chi connectivity index (χ3n) is 3.53. The number of aryl methyl sites for hydroxylation is 2. The van der Waals surface area contributed by atoms with Crippen molar-refractivity contribution in [2.75, 3.05) is 19.3 Å². The van der Waals surface area contributed by atoms with Crippen LogP contribution in [0.4, 0.5) is 4.39 Å². The van der Waals surface area contributed by atoms with E-state index in [9.17, 15) is 17.6 Å². The van der Waals surface area contributed by atoms with E-state index in [4.69, 9.17) is 0 Å². The lowest BCUT2D eigenvalue weighted by molar-refractivity contribution is 0.0950. The number of hydrogen-bond donors (Lipinski definition) is 2. The number of nitrogens with zero attached hydrogens (tertiary/aromatic N) is 2. The lowest BCUT2D eigenvalue weighted by atomic mass is 10.1. The van der Waals surface area contributed by atoms with E-state index in [-0.39, 0.29) is 23.8 Å². The first-order valence-corrected chi connectivity index (χ1v) is 8.88. The minimum Gasteiger partial charge on any atom is -0.350 e. The molecule has 2 aromatic rings. The molecule has 0 bridgehead atoms. The van der Waals surface area contributed by atoms with Crippen molar-refractivity contribution >= 4 is 15.9 Å². The number of sulfonamides is 1. The van der Waals surface area contributed by atoms with E-state index < -0.39 is 15.9 Å². The monoisotopic (exact) mass is 354 g/mol. The average molecular weight is 354 g/mol. The van der Waals surface area contributed by atoms with Crippen LogP contribution in [-0.2, 0) is 17.1 Å². The van der Waals surface area contributed by atoms with Gasteiger partial charge >= 0.3 is 0 Å². The van der Waals surface area contributed by atoms with Crippen LogP contribution in [0.2, 0.25) is 0 Å². The van der Waals surface area contributed by atoms with Gasteiger partial charge in [0.15, 0.2) is 5.69 Å². The number of rotatable bonds is 6. The zero-order valence-electron chi connectivity index (χ0n) is 13.6. The van der Waals surface area contributed by atoms with Crippen LogP contribution in [0.1, 0.15) is 16.1 Å². The van der Waals surface area contributed by atoms with Gasteiger partial charge in [-0.3, -0.25) is 9.48 Å². The number of amides is 1. The van der Waals surface area contributed by atoms with Crippen LogP contribution in [0.15, 0.2) is 24.3 Å². The molecule has 7 nitrogen and oxygen atoms in total. The number of hydrogen-bond acceptors (Lipinski definition) is 4. The molecular weight excluding hydrogens is 335 g/mol. The Bertz CT molecular complexity index is 862. The van der Waals surface area contributed by atoms with E-state index in [0.717, 1.165) is 5.56 Å². The summed E-state index contributed by atoms with van der Waals surface area (Å²) in [5.41, 5.74) is 2.06. The van der Waals surface area contributed by atoms with Crippen LogP contribution in [0.3, 0.4) is 0 Å². The van der Waals surface area contributed by atoms with Gasteiger partial charge in [0.05, 0.1) is 11.4 Å². The molecule has 0 saturated heterocycles. The van der Waals surface area contributed by atoms with Gasteiger partial charge in [-0.15, -0.1) is 0 Å². The first-order valence-electron chi connectivity index (χ1n) is 7.23. The number of halogens is 1. The number of benzene rings is 1. The topological polar surface area (TPSA) is 93.1 Å². The summed E-state index contributed by atoms with van der Waals surface area (Å²) in [4.78, 5) is 12.1. The predicted molar refractivity (Wildman–Crippen MR) is 88.5 cm³/mol. The van der Waals surface area contributed by atoms with Gasteiger partial charge in [-0.05, 0) is 43.8 Å². The molecule has 0 aliphatic heterocycles. The van der Waals surface area contributed by atoms with E-state index >= 15 is 0 Å². The van der Waals surface area contributed by atoms with Crippen LogP contribution in [-0.4, -0.2) is 43.5 Å².